The molecule has 0 radical (unpaired) electrons. The van der Waals surface area contributed by atoms with Crippen molar-refractivity contribution in [1.29, 1.82) is 0 Å². The number of ether oxygens (including phenoxy) is 1. The molecule has 0 bridgehead atoms. The summed E-state index contributed by atoms with van der Waals surface area (Å²) in [6, 6.07) is 38.3. The van der Waals surface area contributed by atoms with Gasteiger partial charge in [0.1, 0.15) is 17.8 Å². The molecule has 1 heterocycles. The molecule has 1 amide bonds. The summed E-state index contributed by atoms with van der Waals surface area (Å²) in [6.45, 7) is 13.3. The number of likely N-dealkylation sites (tertiary alicyclic amines) is 1. The first-order valence-electron chi connectivity index (χ1n) is 19.7. The molecule has 6 rings (SSSR count). The van der Waals surface area contributed by atoms with Crippen molar-refractivity contribution in [3.8, 4) is 0 Å². The second kappa shape index (κ2) is 17.0. The maximum absolute atomic E-state index is 15.4. The molecule has 294 valence electrons. The summed E-state index contributed by atoms with van der Waals surface area (Å²) in [4.78, 5) is 47.1. The molecule has 2 fully saturated rings. The van der Waals surface area contributed by atoms with Gasteiger partial charge in [0, 0.05) is 18.7 Å². The second-order valence-corrected chi connectivity index (χ2v) is 24.7. The Morgan fingerprint density at radius 2 is 1.34 bits per heavy atom. The van der Waals surface area contributed by atoms with Gasteiger partial charge in [-0.15, -0.1) is 0 Å². The zero-order chi connectivity index (χ0) is 40.3. The number of esters is 1. The first-order valence-corrected chi connectivity index (χ1v) is 24.4. The van der Waals surface area contributed by atoms with Gasteiger partial charge in [0.2, 0.25) is 5.91 Å². The Hall–Kier alpha value is -4.33. The van der Waals surface area contributed by atoms with Gasteiger partial charge < -0.3 is 19.2 Å². The molecular weight excluding hydrogens is 734 g/mol. The number of β-lactam (4-membered cyclic amide) rings is 1. The highest BCUT2D eigenvalue weighted by Gasteiger charge is 2.61. The van der Waals surface area contributed by atoms with Crippen LogP contribution < -0.4 is 15.9 Å². The molecule has 7 nitrogen and oxygen atoms in total. The highest BCUT2D eigenvalue weighted by atomic mass is 31.2. The van der Waals surface area contributed by atoms with E-state index in [4.69, 9.17) is 9.16 Å². The normalized spacial score (nSPS) is 21.4. The van der Waals surface area contributed by atoms with E-state index in [1.54, 1.807) is 4.90 Å². The van der Waals surface area contributed by atoms with Crippen LogP contribution in [-0.4, -0.2) is 60.2 Å². The summed E-state index contributed by atoms with van der Waals surface area (Å²) < 4.78 is 13.0. The fourth-order valence-corrected chi connectivity index (χ4v) is 14.2. The van der Waals surface area contributed by atoms with Crippen molar-refractivity contribution in [2.24, 2.45) is 17.8 Å². The molecule has 2 aliphatic rings. The molecule has 0 spiro atoms. The Labute approximate surface area is 333 Å². The van der Waals surface area contributed by atoms with Gasteiger partial charge in [0.15, 0.2) is 8.32 Å². The maximum Gasteiger partial charge on any atom is 0.356 e. The third-order valence-electron chi connectivity index (χ3n) is 12.2. The van der Waals surface area contributed by atoms with Crippen molar-refractivity contribution >= 4 is 54.2 Å². The van der Waals surface area contributed by atoms with Crippen molar-refractivity contribution in [2.75, 3.05) is 6.61 Å². The van der Waals surface area contributed by atoms with E-state index in [-0.39, 0.29) is 28.8 Å². The molecule has 56 heavy (non-hydrogen) atoms. The number of aliphatic hydroxyl groups is 1. The first-order chi connectivity index (χ1) is 26.8. The molecule has 4 aromatic carbocycles. The lowest BCUT2D eigenvalue weighted by Gasteiger charge is -2.56. The molecule has 9 heteroatoms. The monoisotopic (exact) mass is 789 g/mol. The van der Waals surface area contributed by atoms with E-state index in [0.717, 1.165) is 15.9 Å². The molecule has 2 unspecified atom stereocenters. The van der Waals surface area contributed by atoms with Gasteiger partial charge in [-0.3, -0.25) is 9.59 Å². The van der Waals surface area contributed by atoms with Crippen LogP contribution >= 0.6 is 6.89 Å². The third kappa shape index (κ3) is 7.69. The Morgan fingerprint density at radius 1 is 0.857 bits per heavy atom. The minimum atomic E-state index is -3.21. The largest absolute Gasteiger partial charge is 0.457 e. The number of aliphatic hydroxyl groups excluding tert-OH is 1. The van der Waals surface area contributed by atoms with E-state index >= 15 is 14.4 Å². The number of rotatable bonds is 13. The van der Waals surface area contributed by atoms with Gasteiger partial charge in [-0.2, -0.15) is 0 Å². The van der Waals surface area contributed by atoms with E-state index < -0.39 is 57.2 Å². The van der Waals surface area contributed by atoms with Crippen molar-refractivity contribution in [2.45, 2.75) is 83.3 Å². The van der Waals surface area contributed by atoms with Crippen LogP contribution in [0.5, 0.6) is 0 Å². The summed E-state index contributed by atoms with van der Waals surface area (Å²) in [6.07, 6.45) is 1.70. The minimum Gasteiger partial charge on any atom is -0.457 e. The molecule has 1 aliphatic carbocycles. The van der Waals surface area contributed by atoms with Crippen LogP contribution in [0.2, 0.25) is 18.1 Å². The van der Waals surface area contributed by atoms with Gasteiger partial charge in [-0.25, -0.2) is 4.79 Å². The van der Waals surface area contributed by atoms with Crippen LogP contribution in [0.25, 0.3) is 0 Å². The van der Waals surface area contributed by atoms with Gasteiger partial charge in [-0.05, 0) is 59.4 Å². The number of benzene rings is 4. The highest BCUT2D eigenvalue weighted by Crippen LogP contribution is 2.52. The lowest BCUT2D eigenvalue weighted by molar-refractivity contribution is -0.164. The van der Waals surface area contributed by atoms with E-state index in [9.17, 15) is 5.11 Å². The average Bonchev–Trinajstić information content (AvgIpc) is 3.19. The van der Waals surface area contributed by atoms with E-state index in [2.05, 4.69) is 40.4 Å². The molecule has 1 N–H and O–H groups in total. The molecule has 4 aromatic rings. The Morgan fingerprint density at radius 3 is 1.80 bits per heavy atom. The number of carbonyl (C=O) groups is 3. The predicted octanol–water partition coefficient (Wildman–Crippen LogP) is 7.80. The van der Waals surface area contributed by atoms with Crippen LogP contribution in [0.3, 0.4) is 0 Å². The minimum absolute atomic E-state index is 0.0601. The second-order valence-electron chi connectivity index (χ2n) is 16.6. The smallest absolute Gasteiger partial charge is 0.356 e. The predicted molar refractivity (Wildman–Crippen MR) is 230 cm³/mol. The summed E-state index contributed by atoms with van der Waals surface area (Å²) in [5.41, 5.74) is 0.911. The van der Waals surface area contributed by atoms with E-state index in [0.29, 0.717) is 24.8 Å². The van der Waals surface area contributed by atoms with Crippen molar-refractivity contribution in [3.05, 3.63) is 140 Å². The molecule has 0 aromatic heterocycles. The van der Waals surface area contributed by atoms with Crippen molar-refractivity contribution in [3.63, 3.8) is 0 Å². The van der Waals surface area contributed by atoms with E-state index in [1.807, 2.05) is 128 Å². The van der Waals surface area contributed by atoms with Gasteiger partial charge >= 0.3 is 5.97 Å². The SMILES string of the molecule is C=CCOC(=O)C(N1C(=O)[C@H]([C@@H](C)O[Si](C)(C)C(C)(C)C)[C@H]1[C@H]1CCCC(C(O)c2ccccc2)C1=O)=P(c1ccccc1)(c1ccccc1)c1ccccc1. The van der Waals surface area contributed by atoms with Crippen LogP contribution in [0.4, 0.5) is 0 Å². The summed E-state index contributed by atoms with van der Waals surface area (Å²) >= 11 is 0. The van der Waals surface area contributed by atoms with Crippen molar-refractivity contribution in [1.82, 2.24) is 4.90 Å². The summed E-state index contributed by atoms with van der Waals surface area (Å²) in [5, 5.41) is 14.2. The lowest BCUT2D eigenvalue weighted by Crippen LogP contribution is -2.72. The van der Waals surface area contributed by atoms with Crippen LogP contribution in [0.15, 0.2) is 134 Å². The lowest BCUT2D eigenvalue weighted by atomic mass is 9.66. The van der Waals surface area contributed by atoms with E-state index in [1.165, 1.54) is 6.08 Å². The van der Waals surface area contributed by atoms with Gasteiger partial charge in [-0.1, -0.05) is 161 Å². The molecule has 1 aliphatic heterocycles. The number of nitrogens with zero attached hydrogens (tertiary/aromatic N) is 1. The molecule has 6 atom stereocenters. The van der Waals surface area contributed by atoms with Crippen molar-refractivity contribution < 1.29 is 28.7 Å². The first kappa shape index (κ1) is 41.3. The topological polar surface area (TPSA) is 93.1 Å². The van der Waals surface area contributed by atoms with Crippen LogP contribution in [0, 0.1) is 17.8 Å². The quantitative estimate of drug-likeness (QED) is 0.0489. The van der Waals surface area contributed by atoms with Crippen LogP contribution in [-0.2, 0) is 23.5 Å². The number of Topliss-reactive ketones (excluding diaryl/α,β-unsaturated/α-hetero) is 1. The highest BCUT2D eigenvalue weighted by molar-refractivity contribution is 7.96. The maximum atomic E-state index is 15.4. The fraction of sp³-hybridized carbons (Fsp3) is 0.362. The number of hydrogen-bond donors (Lipinski definition) is 1. The number of hydrogen-bond acceptors (Lipinski definition) is 6. The summed E-state index contributed by atoms with van der Waals surface area (Å²) in [7, 11) is -2.40. The third-order valence-corrected chi connectivity index (χ3v) is 21.0. The van der Waals surface area contributed by atoms with Gasteiger partial charge in [0.05, 0.1) is 24.2 Å². The number of carbonyl (C=O) groups excluding carboxylic acids is 3. The Kier molecular flexibility index (Phi) is 12.6. The zero-order valence-corrected chi connectivity index (χ0v) is 35.4. The number of amides is 1. The van der Waals surface area contributed by atoms with Gasteiger partial charge in [0.25, 0.3) is 0 Å². The molecule has 1 saturated carbocycles. The average molecular weight is 790 g/mol. The summed E-state index contributed by atoms with van der Waals surface area (Å²) in [5.74, 6) is -3.03. The number of ketones is 1. The molecular formula is C47H56NO6PSi. The van der Waals surface area contributed by atoms with Crippen LogP contribution in [0.1, 0.15) is 58.6 Å². The Balaban J connectivity index is 1.65. The fourth-order valence-electron chi connectivity index (χ4n) is 8.42. The standard InChI is InChI=1S/C47H56NO6PSi/c1-8-32-53-46(52)45(55(35-24-15-10-16-25-35,36-26-17-11-18-27-36)37-28-19-12-20-29-37)48-41(40(44(48)51)33(2)54-56(6,7)47(3,4)5)38-30-21-31-39(43(38)50)42(49)34-22-13-9-14-23-34/h8-20,22-29,33,38-42,49H,1,21,30-32H2,2-7H3/t33-,38-,39?,40-,41-,42?/m1/s1. The Bertz CT molecular complexity index is 1960. The zero-order valence-electron chi connectivity index (χ0n) is 33.5. The molecule has 1 saturated heterocycles.